The van der Waals surface area contributed by atoms with Gasteiger partial charge in [0.15, 0.2) is 5.69 Å². The first-order valence-corrected chi connectivity index (χ1v) is 13.3. The number of hydrogen-bond acceptors (Lipinski definition) is 11. The average Bonchev–Trinajstić information content (AvgIpc) is 3.49. The van der Waals surface area contributed by atoms with Crippen LogP contribution in [-0.4, -0.2) is 57.7 Å². The minimum absolute atomic E-state index is 0.00390. The van der Waals surface area contributed by atoms with Gasteiger partial charge in [0.05, 0.1) is 30.8 Å². The molecule has 2 aliphatic rings. The Labute approximate surface area is 205 Å². The van der Waals surface area contributed by atoms with Gasteiger partial charge in [0.1, 0.15) is 27.4 Å². The Balaban J connectivity index is 1.47. The maximum absolute atomic E-state index is 12.9. The van der Waals surface area contributed by atoms with E-state index in [0.29, 0.717) is 12.3 Å². The number of rotatable bonds is 4. The number of nitrogens with one attached hydrogen (secondary N) is 1. The Bertz CT molecular complexity index is 1030. The van der Waals surface area contributed by atoms with E-state index in [9.17, 15) is 9.59 Å². The number of esters is 1. The molecule has 1 N–H and O–H groups in total. The van der Waals surface area contributed by atoms with Gasteiger partial charge in [-0.2, -0.15) is 0 Å². The van der Waals surface area contributed by atoms with E-state index in [2.05, 4.69) is 10.3 Å². The molecule has 2 aliphatic heterocycles. The summed E-state index contributed by atoms with van der Waals surface area (Å²) in [5.74, 6) is 0.384. The van der Waals surface area contributed by atoms with Crippen molar-refractivity contribution in [2.75, 3.05) is 19.5 Å². The van der Waals surface area contributed by atoms with Crippen LogP contribution < -0.4 is 5.32 Å². The Morgan fingerprint density at radius 3 is 2.64 bits per heavy atom. The van der Waals surface area contributed by atoms with Crippen molar-refractivity contribution in [3.8, 4) is 0 Å². The Hall–Kier alpha value is -1.73. The fourth-order valence-electron chi connectivity index (χ4n) is 3.65. The quantitative estimate of drug-likeness (QED) is 0.593. The number of aromatic nitrogens is 2. The predicted octanol–water partition coefficient (Wildman–Crippen LogP) is 4.51. The fraction of sp³-hybridized carbons (Fsp3) is 0.619. The lowest BCUT2D eigenvalue weighted by Gasteiger charge is -2.34. The van der Waals surface area contributed by atoms with Gasteiger partial charge in [-0.1, -0.05) is 0 Å². The maximum atomic E-state index is 12.9. The van der Waals surface area contributed by atoms with E-state index < -0.39 is 23.4 Å². The van der Waals surface area contributed by atoms with Crippen LogP contribution >= 0.6 is 34.4 Å². The monoisotopic (exact) mass is 512 g/mol. The first kappa shape index (κ1) is 24.4. The highest BCUT2D eigenvalue weighted by Crippen LogP contribution is 2.43. The van der Waals surface area contributed by atoms with Crippen molar-refractivity contribution in [3.05, 3.63) is 32.2 Å². The van der Waals surface area contributed by atoms with Gasteiger partial charge in [-0.05, 0) is 34.6 Å². The molecule has 4 heterocycles. The van der Waals surface area contributed by atoms with Gasteiger partial charge in [-0.3, -0.25) is 10.2 Å². The topological polar surface area (TPSA) is 103 Å². The average molecular weight is 513 g/mol. The molecule has 4 rings (SSSR count). The number of thioether (sulfide) groups is 1. The van der Waals surface area contributed by atoms with Gasteiger partial charge in [-0.25, -0.2) is 19.6 Å². The molecule has 1 unspecified atom stereocenters. The standard InChI is InChI=1S/C21H28N4O5S3/c1-20(2,3)30-19(27)25-14(7-29-21(25,4)5)17-23-12(9-33-17)15-22-11(8-31-15)16-24-13(10-32-16)18(26)28-6/h9-11,14-15,22H,7-8H2,1-6H3/t11-,14-,15?/m0/s1. The van der Waals surface area contributed by atoms with Crippen molar-refractivity contribution in [2.45, 2.75) is 63.4 Å². The molecule has 0 aliphatic carbocycles. The number of ether oxygens (including phenoxy) is 3. The summed E-state index contributed by atoms with van der Waals surface area (Å²) in [5.41, 5.74) is -0.153. The second-order valence-electron chi connectivity index (χ2n) is 9.23. The van der Waals surface area contributed by atoms with Crippen molar-refractivity contribution in [1.29, 1.82) is 0 Å². The third-order valence-electron chi connectivity index (χ3n) is 5.17. The second kappa shape index (κ2) is 9.14. The fourth-order valence-corrected chi connectivity index (χ4v) is 6.80. The molecule has 12 heteroatoms. The lowest BCUT2D eigenvalue weighted by molar-refractivity contribution is -0.0626. The molecule has 9 nitrogen and oxygen atoms in total. The number of carbonyl (C=O) groups is 2. The van der Waals surface area contributed by atoms with Crippen LogP contribution in [0.25, 0.3) is 0 Å². The smallest absolute Gasteiger partial charge is 0.413 e. The van der Waals surface area contributed by atoms with Crippen molar-refractivity contribution in [3.63, 3.8) is 0 Å². The molecule has 2 fully saturated rings. The lowest BCUT2D eigenvalue weighted by atomic mass is 10.2. The summed E-state index contributed by atoms with van der Waals surface area (Å²) in [6, 6.07) is -0.280. The third-order valence-corrected chi connectivity index (χ3v) is 8.33. The minimum atomic E-state index is -0.785. The summed E-state index contributed by atoms with van der Waals surface area (Å²) in [4.78, 5) is 35.5. The second-order valence-corrected chi connectivity index (χ2v) is 12.1. The molecule has 0 saturated carbocycles. The Morgan fingerprint density at radius 2 is 1.94 bits per heavy atom. The highest BCUT2D eigenvalue weighted by Gasteiger charge is 2.47. The third kappa shape index (κ3) is 5.19. The summed E-state index contributed by atoms with van der Waals surface area (Å²) in [6.07, 6.45) is -0.412. The van der Waals surface area contributed by atoms with Crippen LogP contribution in [0, 0.1) is 0 Å². The van der Waals surface area contributed by atoms with Gasteiger partial charge >= 0.3 is 12.1 Å². The molecule has 3 atom stereocenters. The zero-order chi connectivity index (χ0) is 24.0. The summed E-state index contributed by atoms with van der Waals surface area (Å²) < 4.78 is 16.3. The van der Waals surface area contributed by atoms with Crippen LogP contribution in [0.5, 0.6) is 0 Å². The van der Waals surface area contributed by atoms with Crippen molar-refractivity contribution in [1.82, 2.24) is 20.2 Å². The van der Waals surface area contributed by atoms with Crippen molar-refractivity contribution < 1.29 is 23.8 Å². The normalized spacial score (nSPS) is 24.8. The van der Waals surface area contributed by atoms with Crippen LogP contribution in [0.3, 0.4) is 0 Å². The van der Waals surface area contributed by atoms with Crippen molar-refractivity contribution >= 4 is 46.5 Å². The van der Waals surface area contributed by atoms with Gasteiger partial charge in [0.2, 0.25) is 0 Å². The van der Waals surface area contributed by atoms with E-state index in [1.54, 1.807) is 22.0 Å². The number of thiazole rings is 2. The highest BCUT2D eigenvalue weighted by atomic mass is 32.2. The van der Waals surface area contributed by atoms with Crippen LogP contribution in [0.2, 0.25) is 0 Å². The van der Waals surface area contributed by atoms with E-state index >= 15 is 0 Å². The SMILES string of the molecule is COC(=O)c1csc([C@@H]2CSC(c3csc([C@@H]4COC(C)(C)N4C(=O)OC(C)(C)C)n3)N2)n1. The van der Waals surface area contributed by atoms with E-state index in [0.717, 1.165) is 21.5 Å². The van der Waals surface area contributed by atoms with Gasteiger partial charge < -0.3 is 14.2 Å². The maximum Gasteiger partial charge on any atom is 0.413 e. The Kier molecular flexibility index (Phi) is 6.76. The molecule has 33 heavy (non-hydrogen) atoms. The lowest BCUT2D eigenvalue weighted by Crippen LogP contribution is -2.47. The minimum Gasteiger partial charge on any atom is -0.464 e. The first-order chi connectivity index (χ1) is 15.5. The molecule has 0 aromatic carbocycles. The number of nitrogens with zero attached hydrogens (tertiary/aromatic N) is 3. The van der Waals surface area contributed by atoms with Crippen LogP contribution in [-0.2, 0) is 14.2 Å². The van der Waals surface area contributed by atoms with E-state index in [1.165, 1.54) is 29.8 Å². The van der Waals surface area contributed by atoms with Crippen LogP contribution in [0.4, 0.5) is 4.79 Å². The summed E-state index contributed by atoms with van der Waals surface area (Å²) in [5, 5.41) is 8.94. The molecular weight excluding hydrogens is 484 g/mol. The molecule has 2 aromatic rings. The number of methoxy groups -OCH3 is 1. The molecule has 180 valence electrons. The van der Waals surface area contributed by atoms with Gasteiger partial charge in [0.25, 0.3) is 0 Å². The van der Waals surface area contributed by atoms with E-state index in [1.807, 2.05) is 40.0 Å². The Morgan fingerprint density at radius 1 is 1.21 bits per heavy atom. The largest absolute Gasteiger partial charge is 0.464 e. The molecular formula is C21H28N4O5S3. The zero-order valence-corrected chi connectivity index (χ0v) is 21.9. The number of carbonyl (C=O) groups excluding carboxylic acids is 2. The predicted molar refractivity (Wildman–Crippen MR) is 127 cm³/mol. The molecule has 2 saturated heterocycles. The molecule has 0 bridgehead atoms. The van der Waals surface area contributed by atoms with Crippen LogP contribution in [0.1, 0.15) is 78.3 Å². The first-order valence-electron chi connectivity index (χ1n) is 10.5. The molecule has 2 aromatic heterocycles. The zero-order valence-electron chi connectivity index (χ0n) is 19.4. The van der Waals surface area contributed by atoms with Gasteiger partial charge in [0, 0.05) is 16.5 Å². The van der Waals surface area contributed by atoms with E-state index in [4.69, 9.17) is 19.2 Å². The summed E-state index contributed by atoms with van der Waals surface area (Å²) >= 11 is 4.69. The van der Waals surface area contributed by atoms with Gasteiger partial charge in [-0.15, -0.1) is 34.4 Å². The number of amides is 1. The molecule has 0 spiro atoms. The molecule has 1 amide bonds. The van der Waals surface area contributed by atoms with Crippen LogP contribution in [0.15, 0.2) is 10.8 Å². The highest BCUT2D eigenvalue weighted by molar-refractivity contribution is 7.99. The van der Waals surface area contributed by atoms with E-state index in [-0.39, 0.29) is 17.5 Å². The number of hydrogen-bond donors (Lipinski definition) is 1. The summed E-state index contributed by atoms with van der Waals surface area (Å²) in [6.45, 7) is 9.63. The molecule has 0 radical (unpaired) electrons. The van der Waals surface area contributed by atoms with Crippen molar-refractivity contribution in [2.24, 2.45) is 0 Å². The summed E-state index contributed by atoms with van der Waals surface area (Å²) in [7, 11) is 1.35.